The molecule has 0 fully saturated rings. The third kappa shape index (κ3) is 1.43. The molecule has 0 heterocycles. The topological polar surface area (TPSA) is 0 Å². The normalized spacial score (nSPS) is 10.5. The number of benzene rings is 2. The average Bonchev–Trinajstić information content (AvgIpc) is 2.55. The van der Waals surface area contributed by atoms with E-state index in [0.717, 1.165) is 0 Å². The standard InChI is InChI=1S/C14H11.Ru/c1-10-11-6-2-4-8-13(11)14-9-5-3-7-12(10)14;/h2-9H,1H3;/q-1;+1. The van der Waals surface area contributed by atoms with E-state index >= 15 is 0 Å². The predicted octanol–water partition coefficient (Wildman–Crippen LogP) is 4.02. The van der Waals surface area contributed by atoms with Gasteiger partial charge in [-0.05, 0) is 0 Å². The Morgan fingerprint density at radius 3 is 1.60 bits per heavy atom. The Bertz CT molecular complexity index is 552. The first-order valence-electron chi connectivity index (χ1n) is 4.90. The molecule has 0 aromatic heterocycles. The Hall–Kier alpha value is -1.07. The van der Waals surface area contributed by atoms with Crippen molar-refractivity contribution in [2.45, 2.75) is 6.92 Å². The molecule has 0 bridgehead atoms. The number of hydrogen-bond acceptors (Lipinski definition) is 0. The first kappa shape index (κ1) is 10.5. The summed E-state index contributed by atoms with van der Waals surface area (Å²) in [5.41, 5.74) is 1.40. The largest absolute Gasteiger partial charge is 1.00 e. The molecule has 3 aromatic carbocycles. The molecule has 0 N–H and O–H groups in total. The zero-order valence-corrected chi connectivity index (χ0v) is 10.2. The number of rotatable bonds is 0. The third-order valence-corrected chi connectivity index (χ3v) is 2.95. The Morgan fingerprint density at radius 1 is 0.733 bits per heavy atom. The fourth-order valence-electron chi connectivity index (χ4n) is 2.24. The van der Waals surface area contributed by atoms with Gasteiger partial charge in [-0.1, -0.05) is 43.3 Å². The minimum absolute atomic E-state index is 0. The molecule has 15 heavy (non-hydrogen) atoms. The zero-order chi connectivity index (χ0) is 9.54. The summed E-state index contributed by atoms with van der Waals surface area (Å²) in [4.78, 5) is 0. The minimum Gasteiger partial charge on any atom is -0.120 e. The van der Waals surface area contributed by atoms with E-state index in [9.17, 15) is 0 Å². The van der Waals surface area contributed by atoms with Crippen LogP contribution in [-0.2, 0) is 19.5 Å². The van der Waals surface area contributed by atoms with Gasteiger partial charge in [-0.25, -0.2) is 0 Å². The summed E-state index contributed by atoms with van der Waals surface area (Å²) in [5.74, 6) is 0. The monoisotopic (exact) mass is 281 g/mol. The second-order valence-electron chi connectivity index (χ2n) is 3.72. The van der Waals surface area contributed by atoms with Crippen LogP contribution in [0.1, 0.15) is 5.56 Å². The average molecular weight is 280 g/mol. The molecular formula is C14H11Ru. The van der Waals surface area contributed by atoms with Crippen LogP contribution in [0.5, 0.6) is 0 Å². The fraction of sp³-hybridized carbons (Fsp3) is 0.0714. The zero-order valence-electron chi connectivity index (χ0n) is 8.47. The van der Waals surface area contributed by atoms with Crippen molar-refractivity contribution in [3.8, 4) is 0 Å². The molecule has 0 amide bonds. The van der Waals surface area contributed by atoms with Crippen LogP contribution < -0.4 is 0 Å². The second kappa shape index (κ2) is 3.83. The van der Waals surface area contributed by atoms with Crippen LogP contribution in [0.15, 0.2) is 48.5 Å². The molecule has 0 spiro atoms. The fourth-order valence-corrected chi connectivity index (χ4v) is 2.24. The van der Waals surface area contributed by atoms with E-state index in [4.69, 9.17) is 0 Å². The molecule has 3 rings (SSSR count). The second-order valence-corrected chi connectivity index (χ2v) is 3.72. The molecule has 0 aliphatic carbocycles. The van der Waals surface area contributed by atoms with Gasteiger partial charge in [0.05, 0.1) is 0 Å². The first-order valence-corrected chi connectivity index (χ1v) is 4.90. The molecule has 1 radical (unpaired) electrons. The van der Waals surface area contributed by atoms with E-state index in [1.165, 1.54) is 27.1 Å². The molecule has 0 unspecified atom stereocenters. The molecule has 0 nitrogen and oxygen atoms in total. The van der Waals surface area contributed by atoms with Gasteiger partial charge in [-0.2, -0.15) is 0 Å². The van der Waals surface area contributed by atoms with Gasteiger partial charge in [-0.3, -0.25) is 0 Å². The molecular weight excluding hydrogens is 269 g/mol. The molecule has 0 saturated carbocycles. The van der Waals surface area contributed by atoms with Crippen molar-refractivity contribution in [1.29, 1.82) is 0 Å². The van der Waals surface area contributed by atoms with Gasteiger partial charge in [0.2, 0.25) is 0 Å². The van der Waals surface area contributed by atoms with Crippen LogP contribution in [0.2, 0.25) is 0 Å². The smallest absolute Gasteiger partial charge is 0.120 e. The summed E-state index contributed by atoms with van der Waals surface area (Å²) in [5, 5.41) is 5.52. The first-order chi connectivity index (χ1) is 6.88. The number of fused-ring (bicyclic) bond motifs is 3. The van der Waals surface area contributed by atoms with Gasteiger partial charge in [0.1, 0.15) is 0 Å². The quantitative estimate of drug-likeness (QED) is 0.431. The number of aryl methyl sites for hydroxylation is 1. The van der Waals surface area contributed by atoms with Gasteiger partial charge < -0.3 is 0 Å². The Kier molecular flexibility index (Phi) is 2.67. The van der Waals surface area contributed by atoms with Crippen molar-refractivity contribution in [2.24, 2.45) is 0 Å². The Morgan fingerprint density at radius 2 is 1.13 bits per heavy atom. The maximum Gasteiger partial charge on any atom is 1.00 e. The van der Waals surface area contributed by atoms with Crippen molar-refractivity contribution in [3.05, 3.63) is 54.1 Å². The summed E-state index contributed by atoms with van der Waals surface area (Å²) in [6, 6.07) is 17.2. The Balaban J connectivity index is 0.000000853. The molecule has 0 aliphatic rings. The summed E-state index contributed by atoms with van der Waals surface area (Å²) < 4.78 is 0. The molecule has 0 saturated heterocycles. The van der Waals surface area contributed by atoms with Crippen molar-refractivity contribution < 1.29 is 19.5 Å². The van der Waals surface area contributed by atoms with Gasteiger partial charge in [-0.15, -0.1) is 39.2 Å². The van der Waals surface area contributed by atoms with Crippen LogP contribution in [0.3, 0.4) is 0 Å². The van der Waals surface area contributed by atoms with E-state index in [0.29, 0.717) is 0 Å². The van der Waals surface area contributed by atoms with Gasteiger partial charge in [0.25, 0.3) is 0 Å². The molecule has 1 heteroatoms. The van der Waals surface area contributed by atoms with Crippen LogP contribution in [0, 0.1) is 6.92 Å². The SMILES string of the molecule is C[c-]1c2ccccc2c2ccccc21.[Ru+]. The molecule has 3 aromatic rings. The van der Waals surface area contributed by atoms with Crippen LogP contribution in [0.4, 0.5) is 0 Å². The predicted molar refractivity (Wildman–Crippen MR) is 61.8 cm³/mol. The molecule has 75 valence electrons. The Labute approximate surface area is 102 Å². The molecule has 0 aliphatic heterocycles. The van der Waals surface area contributed by atoms with E-state index in [-0.39, 0.29) is 19.5 Å². The third-order valence-electron chi connectivity index (χ3n) is 2.95. The van der Waals surface area contributed by atoms with Gasteiger partial charge in [0.15, 0.2) is 0 Å². The van der Waals surface area contributed by atoms with Crippen LogP contribution in [-0.4, -0.2) is 0 Å². The van der Waals surface area contributed by atoms with Crippen molar-refractivity contribution in [1.82, 2.24) is 0 Å². The maximum absolute atomic E-state index is 2.20. The van der Waals surface area contributed by atoms with E-state index < -0.39 is 0 Å². The minimum atomic E-state index is 0. The van der Waals surface area contributed by atoms with E-state index in [2.05, 4.69) is 55.5 Å². The summed E-state index contributed by atoms with van der Waals surface area (Å²) >= 11 is 0. The van der Waals surface area contributed by atoms with Crippen molar-refractivity contribution in [2.75, 3.05) is 0 Å². The van der Waals surface area contributed by atoms with E-state index in [1.54, 1.807) is 0 Å². The summed E-state index contributed by atoms with van der Waals surface area (Å²) in [6.07, 6.45) is 0. The summed E-state index contributed by atoms with van der Waals surface area (Å²) in [7, 11) is 0. The summed E-state index contributed by atoms with van der Waals surface area (Å²) in [6.45, 7) is 2.20. The maximum atomic E-state index is 2.20. The van der Waals surface area contributed by atoms with Crippen LogP contribution in [0.25, 0.3) is 21.5 Å². The van der Waals surface area contributed by atoms with Gasteiger partial charge >= 0.3 is 19.5 Å². The van der Waals surface area contributed by atoms with Crippen molar-refractivity contribution in [3.63, 3.8) is 0 Å². The van der Waals surface area contributed by atoms with Gasteiger partial charge in [0, 0.05) is 0 Å². The molecule has 0 atom stereocenters. The van der Waals surface area contributed by atoms with E-state index in [1.807, 2.05) is 0 Å². The van der Waals surface area contributed by atoms with Crippen molar-refractivity contribution >= 4 is 21.5 Å². The number of hydrogen-bond donors (Lipinski definition) is 0. The van der Waals surface area contributed by atoms with Crippen LogP contribution >= 0.6 is 0 Å².